The smallest absolute Gasteiger partial charge is 0.227 e. The van der Waals surface area contributed by atoms with E-state index in [1.54, 1.807) is 24.5 Å². The van der Waals surface area contributed by atoms with Crippen LogP contribution < -0.4 is 10.1 Å². The molecule has 0 saturated carbocycles. The molecule has 4 rings (SSSR count). The Labute approximate surface area is 190 Å². The van der Waals surface area contributed by atoms with Crippen molar-refractivity contribution in [3.05, 3.63) is 77.4 Å². The van der Waals surface area contributed by atoms with Gasteiger partial charge in [0.1, 0.15) is 5.75 Å². The maximum Gasteiger partial charge on any atom is 0.227 e. The molecular formula is C24H22ClN3O2S. The molecule has 1 atom stereocenters. The van der Waals surface area contributed by atoms with Crippen molar-refractivity contribution in [2.45, 2.75) is 20.0 Å². The van der Waals surface area contributed by atoms with Crippen molar-refractivity contribution in [2.24, 2.45) is 0 Å². The second kappa shape index (κ2) is 9.47. The van der Waals surface area contributed by atoms with E-state index in [0.29, 0.717) is 17.6 Å². The summed E-state index contributed by atoms with van der Waals surface area (Å²) in [7, 11) is 0. The summed E-state index contributed by atoms with van der Waals surface area (Å²) < 4.78 is 5.52. The summed E-state index contributed by atoms with van der Waals surface area (Å²) in [4.78, 5) is 11.1. The van der Waals surface area contributed by atoms with Gasteiger partial charge in [-0.1, -0.05) is 23.7 Å². The highest BCUT2D eigenvalue weighted by Gasteiger charge is 2.11. The summed E-state index contributed by atoms with van der Waals surface area (Å²) in [5, 5.41) is 13.7. The molecule has 2 aromatic carbocycles. The molecule has 2 heterocycles. The number of aliphatic hydroxyl groups excluding tert-OH is 1. The van der Waals surface area contributed by atoms with Gasteiger partial charge in [0.05, 0.1) is 28.3 Å². The molecule has 0 fully saturated rings. The third kappa shape index (κ3) is 5.05. The van der Waals surface area contributed by atoms with E-state index < -0.39 is 6.10 Å². The SMILES string of the molecule is CCOc1ccc(-c2ccc(-c3ccnc(Nc4cccc(C(C)O)c4)n3)s2)c(Cl)c1. The van der Waals surface area contributed by atoms with Crippen LogP contribution in [0.1, 0.15) is 25.5 Å². The van der Waals surface area contributed by atoms with Gasteiger partial charge in [-0.25, -0.2) is 9.97 Å². The number of rotatable bonds is 7. The normalized spacial score (nSPS) is 11.9. The topological polar surface area (TPSA) is 67.3 Å². The number of nitrogens with zero attached hydrogens (tertiary/aromatic N) is 2. The predicted octanol–water partition coefficient (Wildman–Crippen LogP) is 6.72. The van der Waals surface area contributed by atoms with Crippen molar-refractivity contribution >= 4 is 34.6 Å². The molecule has 0 aliphatic heterocycles. The van der Waals surface area contributed by atoms with Gasteiger partial charge in [0.25, 0.3) is 0 Å². The molecule has 4 aromatic rings. The number of hydrogen-bond acceptors (Lipinski definition) is 6. The maximum atomic E-state index is 9.79. The van der Waals surface area contributed by atoms with Crippen LogP contribution >= 0.6 is 22.9 Å². The minimum atomic E-state index is -0.534. The van der Waals surface area contributed by atoms with Crippen LogP contribution in [0.2, 0.25) is 5.02 Å². The van der Waals surface area contributed by atoms with Crippen LogP contribution in [0.4, 0.5) is 11.6 Å². The molecule has 7 heteroatoms. The second-order valence-electron chi connectivity index (χ2n) is 6.93. The number of halogens is 1. The van der Waals surface area contributed by atoms with Crippen molar-refractivity contribution in [1.82, 2.24) is 9.97 Å². The van der Waals surface area contributed by atoms with Crippen molar-refractivity contribution in [3.8, 4) is 26.8 Å². The average molecular weight is 452 g/mol. The van der Waals surface area contributed by atoms with Crippen molar-refractivity contribution in [2.75, 3.05) is 11.9 Å². The minimum absolute atomic E-state index is 0.495. The van der Waals surface area contributed by atoms with E-state index in [4.69, 9.17) is 16.3 Å². The molecule has 31 heavy (non-hydrogen) atoms. The maximum absolute atomic E-state index is 9.79. The van der Waals surface area contributed by atoms with Crippen LogP contribution in [0.5, 0.6) is 5.75 Å². The van der Waals surface area contributed by atoms with Gasteiger partial charge in [-0.2, -0.15) is 0 Å². The zero-order chi connectivity index (χ0) is 21.8. The molecule has 0 spiro atoms. The first-order chi connectivity index (χ1) is 15.0. The zero-order valence-corrected chi connectivity index (χ0v) is 18.7. The molecular weight excluding hydrogens is 430 g/mol. The number of aromatic nitrogens is 2. The highest BCUT2D eigenvalue weighted by molar-refractivity contribution is 7.18. The largest absolute Gasteiger partial charge is 0.494 e. The van der Waals surface area contributed by atoms with Gasteiger partial charge < -0.3 is 15.2 Å². The van der Waals surface area contributed by atoms with Gasteiger partial charge in [-0.3, -0.25) is 0 Å². The lowest BCUT2D eigenvalue weighted by molar-refractivity contribution is 0.199. The molecule has 0 radical (unpaired) electrons. The Hall–Kier alpha value is -2.93. The van der Waals surface area contributed by atoms with Crippen LogP contribution in [0, 0.1) is 0 Å². The van der Waals surface area contributed by atoms with Gasteiger partial charge in [-0.05, 0) is 67.9 Å². The summed E-state index contributed by atoms with van der Waals surface area (Å²) in [5.74, 6) is 1.26. The van der Waals surface area contributed by atoms with Crippen LogP contribution in [-0.2, 0) is 0 Å². The van der Waals surface area contributed by atoms with E-state index >= 15 is 0 Å². The molecule has 1 unspecified atom stereocenters. The zero-order valence-electron chi connectivity index (χ0n) is 17.2. The Balaban J connectivity index is 1.57. The third-order valence-corrected chi connectivity index (χ3v) is 6.11. The van der Waals surface area contributed by atoms with Gasteiger partial charge in [0.15, 0.2) is 0 Å². The Morgan fingerprint density at radius 2 is 1.94 bits per heavy atom. The quantitative estimate of drug-likeness (QED) is 0.326. The molecule has 2 aromatic heterocycles. The molecule has 2 N–H and O–H groups in total. The summed E-state index contributed by atoms with van der Waals surface area (Å²) in [6, 6.07) is 19.3. The van der Waals surface area contributed by atoms with Crippen molar-refractivity contribution < 1.29 is 9.84 Å². The van der Waals surface area contributed by atoms with Crippen LogP contribution in [-0.4, -0.2) is 21.7 Å². The van der Waals surface area contributed by atoms with Crippen molar-refractivity contribution in [3.63, 3.8) is 0 Å². The van der Waals surface area contributed by atoms with Crippen LogP contribution in [0.15, 0.2) is 66.9 Å². The first kappa shape index (κ1) is 21.3. The van der Waals surface area contributed by atoms with Gasteiger partial charge in [0, 0.05) is 22.3 Å². The van der Waals surface area contributed by atoms with Crippen molar-refractivity contribution in [1.29, 1.82) is 0 Å². The fraction of sp³-hybridized carbons (Fsp3) is 0.167. The van der Waals surface area contributed by atoms with E-state index in [9.17, 15) is 5.11 Å². The van der Waals surface area contributed by atoms with Gasteiger partial charge in [0.2, 0.25) is 5.95 Å². The number of ether oxygens (including phenoxy) is 1. The predicted molar refractivity (Wildman–Crippen MR) is 127 cm³/mol. The molecule has 158 valence electrons. The van der Waals surface area contributed by atoms with Crippen LogP contribution in [0.3, 0.4) is 0 Å². The summed E-state index contributed by atoms with van der Waals surface area (Å²) in [6.07, 6.45) is 1.19. The van der Waals surface area contributed by atoms with Crippen LogP contribution in [0.25, 0.3) is 21.0 Å². The van der Waals surface area contributed by atoms with E-state index in [-0.39, 0.29) is 0 Å². The summed E-state index contributed by atoms with van der Waals surface area (Å²) in [5.41, 5.74) is 3.44. The molecule has 0 amide bonds. The summed E-state index contributed by atoms with van der Waals surface area (Å²) in [6.45, 7) is 4.29. The third-order valence-electron chi connectivity index (χ3n) is 4.66. The highest BCUT2D eigenvalue weighted by atomic mass is 35.5. The first-order valence-corrected chi connectivity index (χ1v) is 11.1. The lowest BCUT2D eigenvalue weighted by atomic mass is 10.1. The molecule has 0 saturated heterocycles. The van der Waals surface area contributed by atoms with E-state index in [1.807, 2.05) is 67.6 Å². The lowest BCUT2D eigenvalue weighted by Gasteiger charge is -2.09. The lowest BCUT2D eigenvalue weighted by Crippen LogP contribution is -1.99. The number of nitrogens with one attached hydrogen (secondary N) is 1. The highest BCUT2D eigenvalue weighted by Crippen LogP contribution is 2.38. The minimum Gasteiger partial charge on any atom is -0.494 e. The second-order valence-corrected chi connectivity index (χ2v) is 8.42. The molecule has 0 bridgehead atoms. The van der Waals surface area contributed by atoms with E-state index in [1.165, 1.54) is 0 Å². The average Bonchev–Trinajstić information content (AvgIpc) is 3.24. The number of aliphatic hydroxyl groups is 1. The number of anilines is 2. The fourth-order valence-corrected chi connectivity index (χ4v) is 4.48. The number of benzene rings is 2. The van der Waals surface area contributed by atoms with Gasteiger partial charge >= 0.3 is 0 Å². The number of thiophene rings is 1. The molecule has 0 aliphatic rings. The summed E-state index contributed by atoms with van der Waals surface area (Å²) >= 11 is 8.10. The first-order valence-electron chi connectivity index (χ1n) is 9.94. The standard InChI is InChI=1S/C24H22ClN3O2S/c1-3-30-18-7-8-19(20(25)14-18)22-9-10-23(31-22)21-11-12-26-24(28-21)27-17-6-4-5-16(13-17)15(2)29/h4-15,29H,3H2,1-2H3,(H,26,27,28). The Morgan fingerprint density at radius 1 is 1.10 bits per heavy atom. The Kier molecular flexibility index (Phi) is 6.51. The number of hydrogen-bond donors (Lipinski definition) is 2. The monoisotopic (exact) mass is 451 g/mol. The molecule has 0 aliphatic carbocycles. The van der Waals surface area contributed by atoms with E-state index in [2.05, 4.69) is 15.3 Å². The molecule has 5 nitrogen and oxygen atoms in total. The van der Waals surface area contributed by atoms with Gasteiger partial charge in [-0.15, -0.1) is 11.3 Å². The fourth-order valence-electron chi connectivity index (χ4n) is 3.13. The Morgan fingerprint density at radius 3 is 2.71 bits per heavy atom. The van der Waals surface area contributed by atoms with E-state index in [0.717, 1.165) is 38.0 Å². The Bertz CT molecular complexity index is 1190.